The Bertz CT molecular complexity index is 1370. The van der Waals surface area contributed by atoms with E-state index in [-0.39, 0.29) is 19.4 Å². The Morgan fingerprint density at radius 1 is 0.615 bits per heavy atom. The summed E-state index contributed by atoms with van der Waals surface area (Å²) in [6.07, 6.45) is 42.2. The highest BCUT2D eigenvalue weighted by molar-refractivity contribution is 5.80. The van der Waals surface area contributed by atoms with Crippen molar-refractivity contribution in [1.29, 1.82) is 0 Å². The minimum absolute atomic E-state index is 0.103. The molecule has 0 aromatic carbocycles. The Morgan fingerprint density at radius 3 is 1.75 bits per heavy atom. The predicted molar refractivity (Wildman–Crippen MR) is 264 cm³/mol. The van der Waals surface area contributed by atoms with E-state index in [0.29, 0.717) is 12.8 Å². The van der Waals surface area contributed by atoms with Gasteiger partial charge >= 0.3 is 5.97 Å². The number of esters is 1. The maximum Gasteiger partial charge on any atom is 0.306 e. The predicted octanol–water partition coefficient (Wildman–Crippen LogP) is 10.3. The van der Waals surface area contributed by atoms with Gasteiger partial charge in [-0.3, -0.25) is 9.59 Å². The van der Waals surface area contributed by atoms with Crippen LogP contribution in [-0.2, 0) is 23.8 Å². The first-order valence-corrected chi connectivity index (χ1v) is 25.4. The summed E-state index contributed by atoms with van der Waals surface area (Å²) in [6, 6.07) is -1.05. The quantitative estimate of drug-likeness (QED) is 0.0150. The van der Waals surface area contributed by atoms with Crippen LogP contribution < -0.4 is 5.32 Å². The Labute approximate surface area is 393 Å². The minimum Gasteiger partial charge on any atom is -0.454 e. The molecule has 1 aliphatic heterocycles. The van der Waals surface area contributed by atoms with Crippen LogP contribution in [0.25, 0.3) is 0 Å². The van der Waals surface area contributed by atoms with Crippen molar-refractivity contribution in [3.63, 3.8) is 0 Å². The molecule has 0 radical (unpaired) electrons. The van der Waals surface area contributed by atoms with Crippen LogP contribution in [0.4, 0.5) is 0 Å². The highest BCUT2D eigenvalue weighted by atomic mass is 16.7. The van der Waals surface area contributed by atoms with Gasteiger partial charge in [0.1, 0.15) is 24.4 Å². The molecule has 8 unspecified atom stereocenters. The summed E-state index contributed by atoms with van der Waals surface area (Å²) < 4.78 is 17.4. The Kier molecular flexibility index (Phi) is 38.9. The first-order chi connectivity index (χ1) is 31.7. The molecule has 65 heavy (non-hydrogen) atoms. The van der Waals surface area contributed by atoms with E-state index >= 15 is 0 Å². The molecule has 11 heteroatoms. The molecule has 0 spiro atoms. The van der Waals surface area contributed by atoms with Gasteiger partial charge in [0.25, 0.3) is 0 Å². The number of amides is 1. The minimum atomic E-state index is -1.63. The summed E-state index contributed by atoms with van der Waals surface area (Å²) in [5, 5.41) is 56.4. The van der Waals surface area contributed by atoms with Gasteiger partial charge in [0.05, 0.1) is 25.4 Å². The van der Waals surface area contributed by atoms with Gasteiger partial charge in [-0.05, 0) is 64.2 Å². The molecule has 6 N–H and O–H groups in total. The molecule has 0 aromatic heterocycles. The van der Waals surface area contributed by atoms with E-state index in [4.69, 9.17) is 14.2 Å². The molecule has 1 amide bonds. The van der Waals surface area contributed by atoms with Crippen molar-refractivity contribution in [2.24, 2.45) is 0 Å². The number of carbonyl (C=O) groups excluding carboxylic acids is 2. The normalized spacial score (nSPS) is 21.0. The van der Waals surface area contributed by atoms with Crippen molar-refractivity contribution >= 4 is 11.9 Å². The van der Waals surface area contributed by atoms with Crippen LogP contribution >= 0.6 is 0 Å². The van der Waals surface area contributed by atoms with Crippen LogP contribution in [-0.4, -0.2) is 99.6 Å². The largest absolute Gasteiger partial charge is 0.454 e. The van der Waals surface area contributed by atoms with Crippen molar-refractivity contribution < 1.29 is 49.3 Å². The van der Waals surface area contributed by atoms with E-state index < -0.39 is 67.4 Å². The molecule has 0 aromatic rings. The molecule has 1 heterocycles. The number of unbranched alkanes of at least 4 members (excludes halogenated alkanes) is 18. The number of aliphatic hydroxyl groups is 5. The molecule has 0 bridgehead atoms. The molecule has 1 aliphatic rings. The fourth-order valence-corrected chi connectivity index (χ4v) is 7.30. The molecular formula is C54H91NO10. The lowest BCUT2D eigenvalue weighted by atomic mass is 9.99. The zero-order valence-corrected chi connectivity index (χ0v) is 40.6. The average Bonchev–Trinajstić information content (AvgIpc) is 3.30. The molecular weight excluding hydrogens is 823 g/mol. The van der Waals surface area contributed by atoms with Crippen LogP contribution in [0, 0.1) is 0 Å². The standard InChI is InChI=1S/C54H91NO10/c1-4-7-10-13-16-19-22-23-24-27-29-32-35-38-41-47(58)53(62)55-45(46(57)40-37-34-31-28-25-20-17-14-11-8-5-2)44-63-54-52(51(61)50(60)48(43-56)64-54)65-49(59)42-39-36-33-30-26-21-18-15-12-9-6-3/h7,10,13,15-16,18-19,22-24,27,29,37,40,45-48,50-52,54,56-58,60-61H,4-6,8-9,11-12,14,17,20-21,25-26,28,30-36,38-39,41-44H2,1-3H3,(H,55,62)/b10-7+,16-13+,18-15-,22-19-,24-23-,29-27+,40-37+. The lowest BCUT2D eigenvalue weighted by Crippen LogP contribution is -2.61. The van der Waals surface area contributed by atoms with Crippen LogP contribution in [0.3, 0.4) is 0 Å². The maximum absolute atomic E-state index is 13.3. The number of carbonyl (C=O) groups is 2. The van der Waals surface area contributed by atoms with Crippen LogP contribution in [0.2, 0.25) is 0 Å². The highest BCUT2D eigenvalue weighted by Crippen LogP contribution is 2.26. The topological polar surface area (TPSA) is 175 Å². The summed E-state index contributed by atoms with van der Waals surface area (Å²) in [5.74, 6) is -1.26. The van der Waals surface area contributed by atoms with Gasteiger partial charge in [-0.1, -0.05) is 196 Å². The Hall–Kier alpha value is -3.16. The number of aliphatic hydroxyl groups excluding tert-OH is 5. The summed E-state index contributed by atoms with van der Waals surface area (Å²) >= 11 is 0. The molecule has 1 fully saturated rings. The van der Waals surface area contributed by atoms with Crippen LogP contribution in [0.5, 0.6) is 0 Å². The van der Waals surface area contributed by atoms with Crippen molar-refractivity contribution in [1.82, 2.24) is 5.32 Å². The number of rotatable bonds is 40. The molecule has 372 valence electrons. The van der Waals surface area contributed by atoms with Crippen molar-refractivity contribution in [3.8, 4) is 0 Å². The maximum atomic E-state index is 13.3. The third kappa shape index (κ3) is 31.4. The van der Waals surface area contributed by atoms with Gasteiger partial charge in [-0.2, -0.15) is 0 Å². The van der Waals surface area contributed by atoms with Crippen LogP contribution in [0.1, 0.15) is 181 Å². The molecule has 1 saturated heterocycles. The van der Waals surface area contributed by atoms with E-state index in [9.17, 15) is 35.1 Å². The SMILES string of the molecule is CC/C=C/C=C/C=C\C=C/C=C/CCCCC(O)C(=O)NC(COC1OC(CO)C(O)C(O)C1OC(=O)CCCCCCC/C=C\CCCC)C(O)/C=C/CCCCCCCCCCC. The first kappa shape index (κ1) is 59.9. The van der Waals surface area contributed by atoms with Gasteiger partial charge in [0.15, 0.2) is 12.4 Å². The summed E-state index contributed by atoms with van der Waals surface area (Å²) in [6.45, 7) is 5.51. The third-order valence-corrected chi connectivity index (χ3v) is 11.4. The fraction of sp³-hybridized carbons (Fsp3) is 0.704. The lowest BCUT2D eigenvalue weighted by molar-refractivity contribution is -0.305. The van der Waals surface area contributed by atoms with E-state index in [0.717, 1.165) is 83.5 Å². The summed E-state index contributed by atoms with van der Waals surface area (Å²) in [7, 11) is 0. The fourth-order valence-electron chi connectivity index (χ4n) is 7.30. The summed E-state index contributed by atoms with van der Waals surface area (Å²) in [4.78, 5) is 26.3. The van der Waals surface area contributed by atoms with Crippen molar-refractivity contribution in [3.05, 3.63) is 85.1 Å². The molecule has 8 atom stereocenters. The lowest BCUT2D eigenvalue weighted by Gasteiger charge is -2.41. The molecule has 0 aliphatic carbocycles. The molecule has 1 rings (SSSR count). The monoisotopic (exact) mass is 914 g/mol. The van der Waals surface area contributed by atoms with E-state index in [1.165, 1.54) is 51.4 Å². The van der Waals surface area contributed by atoms with E-state index in [2.05, 4.69) is 44.3 Å². The first-order valence-electron chi connectivity index (χ1n) is 25.4. The van der Waals surface area contributed by atoms with E-state index in [1.54, 1.807) is 6.08 Å². The number of allylic oxidation sites excluding steroid dienone is 13. The van der Waals surface area contributed by atoms with Gasteiger partial charge in [-0.15, -0.1) is 0 Å². The summed E-state index contributed by atoms with van der Waals surface area (Å²) in [5.41, 5.74) is 0. The number of hydrogen-bond donors (Lipinski definition) is 6. The van der Waals surface area contributed by atoms with Gasteiger partial charge in [0.2, 0.25) is 5.91 Å². The number of nitrogens with one attached hydrogen (secondary N) is 1. The second kappa shape index (κ2) is 42.2. The van der Waals surface area contributed by atoms with E-state index in [1.807, 2.05) is 60.8 Å². The van der Waals surface area contributed by atoms with Crippen LogP contribution in [0.15, 0.2) is 85.1 Å². The van der Waals surface area contributed by atoms with Gasteiger partial charge in [0, 0.05) is 6.42 Å². The average molecular weight is 914 g/mol. The van der Waals surface area contributed by atoms with Crippen molar-refractivity contribution in [2.45, 2.75) is 230 Å². The third-order valence-electron chi connectivity index (χ3n) is 11.4. The number of hydrogen-bond acceptors (Lipinski definition) is 10. The highest BCUT2D eigenvalue weighted by Gasteiger charge is 2.47. The number of ether oxygens (including phenoxy) is 3. The van der Waals surface area contributed by atoms with Crippen molar-refractivity contribution in [2.75, 3.05) is 13.2 Å². The zero-order chi connectivity index (χ0) is 47.6. The molecule has 11 nitrogen and oxygen atoms in total. The second-order valence-electron chi connectivity index (χ2n) is 17.3. The molecule has 0 saturated carbocycles. The Morgan fingerprint density at radius 2 is 1.14 bits per heavy atom. The Balaban J connectivity index is 2.85. The second-order valence-corrected chi connectivity index (χ2v) is 17.3. The zero-order valence-electron chi connectivity index (χ0n) is 40.6. The van der Waals surface area contributed by atoms with Gasteiger partial charge in [-0.25, -0.2) is 0 Å². The van der Waals surface area contributed by atoms with Gasteiger partial charge < -0.3 is 45.1 Å². The smallest absolute Gasteiger partial charge is 0.306 e.